The van der Waals surface area contributed by atoms with Gasteiger partial charge in [0.05, 0.1) is 10.2 Å². The van der Waals surface area contributed by atoms with Crippen LogP contribution in [0.3, 0.4) is 0 Å². The van der Waals surface area contributed by atoms with Gasteiger partial charge in [-0.25, -0.2) is 4.98 Å². The highest BCUT2D eigenvalue weighted by Gasteiger charge is 2.20. The zero-order chi connectivity index (χ0) is 12.4. The van der Waals surface area contributed by atoms with Crippen molar-refractivity contribution in [3.8, 4) is 0 Å². The van der Waals surface area contributed by atoms with Gasteiger partial charge in [-0.1, -0.05) is 29.9 Å². The average Bonchev–Trinajstić information content (AvgIpc) is 2.79. The molecular formula is C14H17ClN2S. The van der Waals surface area contributed by atoms with Crippen LogP contribution < -0.4 is 5.32 Å². The van der Waals surface area contributed by atoms with E-state index in [-0.39, 0.29) is 0 Å². The molecule has 2 aromatic rings. The van der Waals surface area contributed by atoms with Crippen LogP contribution in [0.5, 0.6) is 0 Å². The Hall–Kier alpha value is -0.800. The maximum atomic E-state index is 6.22. The van der Waals surface area contributed by atoms with Crippen molar-refractivity contribution in [1.29, 1.82) is 0 Å². The number of anilines is 1. The van der Waals surface area contributed by atoms with E-state index in [1.165, 1.54) is 24.0 Å². The maximum Gasteiger partial charge on any atom is 0.183 e. The summed E-state index contributed by atoms with van der Waals surface area (Å²) in [5.74, 6) is 0.702. The molecule has 2 nitrogen and oxygen atoms in total. The highest BCUT2D eigenvalue weighted by molar-refractivity contribution is 7.22. The van der Waals surface area contributed by atoms with Crippen LogP contribution in [0.15, 0.2) is 24.3 Å². The van der Waals surface area contributed by atoms with Crippen molar-refractivity contribution < 1.29 is 0 Å². The van der Waals surface area contributed by atoms with Crippen molar-refractivity contribution in [2.75, 3.05) is 11.9 Å². The van der Waals surface area contributed by atoms with Gasteiger partial charge in [-0.2, -0.15) is 0 Å². The Bertz CT molecular complexity index is 492. The summed E-state index contributed by atoms with van der Waals surface area (Å²) in [6.07, 6.45) is 4.88. The number of aromatic nitrogens is 1. The second-order valence-electron chi connectivity index (χ2n) is 5.00. The minimum absolute atomic E-state index is 0.376. The lowest BCUT2D eigenvalue weighted by atomic mass is 9.89. The number of fused-ring (bicyclic) bond motifs is 1. The number of para-hydroxylation sites is 1. The van der Waals surface area contributed by atoms with Crippen LogP contribution in [0, 0.1) is 5.92 Å². The quantitative estimate of drug-likeness (QED) is 0.837. The molecule has 2 unspecified atom stereocenters. The van der Waals surface area contributed by atoms with Crippen LogP contribution >= 0.6 is 22.9 Å². The summed E-state index contributed by atoms with van der Waals surface area (Å²) >= 11 is 7.95. The van der Waals surface area contributed by atoms with Gasteiger partial charge in [-0.3, -0.25) is 0 Å². The van der Waals surface area contributed by atoms with Crippen molar-refractivity contribution in [3.05, 3.63) is 24.3 Å². The third kappa shape index (κ3) is 2.78. The molecule has 0 radical (unpaired) electrons. The average molecular weight is 281 g/mol. The fourth-order valence-electron chi connectivity index (χ4n) is 2.59. The van der Waals surface area contributed by atoms with Gasteiger partial charge in [-0.15, -0.1) is 11.6 Å². The Balaban J connectivity index is 1.62. The summed E-state index contributed by atoms with van der Waals surface area (Å²) in [6, 6.07) is 8.27. The van der Waals surface area contributed by atoms with E-state index in [0.717, 1.165) is 23.6 Å². The Labute approximate surface area is 116 Å². The third-order valence-corrected chi connectivity index (χ3v) is 4.95. The molecule has 18 heavy (non-hydrogen) atoms. The van der Waals surface area contributed by atoms with Crippen molar-refractivity contribution in [2.24, 2.45) is 5.92 Å². The predicted octanol–water partition coefficient (Wildman–Crippen LogP) is 4.51. The molecule has 0 spiro atoms. The van der Waals surface area contributed by atoms with E-state index < -0.39 is 0 Å². The molecule has 96 valence electrons. The number of halogens is 1. The van der Waals surface area contributed by atoms with Gasteiger partial charge < -0.3 is 5.32 Å². The number of hydrogen-bond acceptors (Lipinski definition) is 3. The van der Waals surface area contributed by atoms with Gasteiger partial charge in [0.25, 0.3) is 0 Å². The first kappa shape index (κ1) is 12.2. The molecule has 0 amide bonds. The number of alkyl halides is 1. The van der Waals surface area contributed by atoms with Gasteiger partial charge in [-0.05, 0) is 37.3 Å². The monoisotopic (exact) mass is 280 g/mol. The van der Waals surface area contributed by atoms with Crippen molar-refractivity contribution in [2.45, 2.75) is 31.1 Å². The third-order valence-electron chi connectivity index (χ3n) is 3.55. The molecule has 4 heteroatoms. The SMILES string of the molecule is ClC1CCCC(CNc2nc3ccccc3s2)C1. The lowest BCUT2D eigenvalue weighted by molar-refractivity contribution is 0.378. The van der Waals surface area contributed by atoms with E-state index in [4.69, 9.17) is 11.6 Å². The first-order valence-electron chi connectivity index (χ1n) is 6.55. The van der Waals surface area contributed by atoms with E-state index in [2.05, 4.69) is 28.5 Å². The molecule has 0 aliphatic heterocycles. The lowest BCUT2D eigenvalue weighted by Crippen LogP contribution is -2.22. The zero-order valence-electron chi connectivity index (χ0n) is 10.2. The Morgan fingerprint density at radius 1 is 1.33 bits per heavy atom. The van der Waals surface area contributed by atoms with Crippen molar-refractivity contribution in [1.82, 2.24) is 4.98 Å². The summed E-state index contributed by atoms with van der Waals surface area (Å²) in [7, 11) is 0. The number of hydrogen-bond donors (Lipinski definition) is 1. The number of nitrogens with one attached hydrogen (secondary N) is 1. The lowest BCUT2D eigenvalue weighted by Gasteiger charge is -2.25. The molecule has 1 heterocycles. The minimum atomic E-state index is 0.376. The van der Waals surface area contributed by atoms with Gasteiger partial charge in [0.1, 0.15) is 0 Å². The second-order valence-corrected chi connectivity index (χ2v) is 6.65. The van der Waals surface area contributed by atoms with Crippen LogP contribution in [0.1, 0.15) is 25.7 Å². The first-order valence-corrected chi connectivity index (χ1v) is 7.80. The van der Waals surface area contributed by atoms with E-state index in [1.54, 1.807) is 11.3 Å². The Kier molecular flexibility index (Phi) is 3.71. The fourth-order valence-corrected chi connectivity index (χ4v) is 3.87. The molecule has 1 aromatic carbocycles. The van der Waals surface area contributed by atoms with Gasteiger partial charge in [0.2, 0.25) is 0 Å². The molecule has 0 saturated heterocycles. The number of benzene rings is 1. The van der Waals surface area contributed by atoms with Crippen LogP contribution in [-0.4, -0.2) is 16.9 Å². The summed E-state index contributed by atoms with van der Waals surface area (Å²) < 4.78 is 1.25. The number of rotatable bonds is 3. The number of nitrogens with zero attached hydrogens (tertiary/aromatic N) is 1. The highest BCUT2D eigenvalue weighted by atomic mass is 35.5. The topological polar surface area (TPSA) is 24.9 Å². The van der Waals surface area contributed by atoms with E-state index >= 15 is 0 Å². The van der Waals surface area contributed by atoms with Gasteiger partial charge in [0.15, 0.2) is 5.13 Å². The molecule has 1 saturated carbocycles. The Morgan fingerprint density at radius 3 is 3.06 bits per heavy atom. The number of thiazole rings is 1. The second kappa shape index (κ2) is 5.45. The first-order chi connectivity index (χ1) is 8.81. The molecule has 1 aliphatic rings. The Morgan fingerprint density at radius 2 is 2.22 bits per heavy atom. The molecule has 1 fully saturated rings. The van der Waals surface area contributed by atoms with Crippen LogP contribution in [0.25, 0.3) is 10.2 Å². The largest absolute Gasteiger partial charge is 0.361 e. The fraction of sp³-hybridized carbons (Fsp3) is 0.500. The zero-order valence-corrected chi connectivity index (χ0v) is 11.8. The molecule has 1 aliphatic carbocycles. The molecule has 1 N–H and O–H groups in total. The van der Waals surface area contributed by atoms with Crippen LogP contribution in [-0.2, 0) is 0 Å². The van der Waals surface area contributed by atoms with Gasteiger partial charge >= 0.3 is 0 Å². The van der Waals surface area contributed by atoms with E-state index in [9.17, 15) is 0 Å². The van der Waals surface area contributed by atoms with Crippen molar-refractivity contribution in [3.63, 3.8) is 0 Å². The van der Waals surface area contributed by atoms with E-state index in [0.29, 0.717) is 11.3 Å². The van der Waals surface area contributed by atoms with Crippen molar-refractivity contribution >= 4 is 38.3 Å². The molecule has 0 bridgehead atoms. The van der Waals surface area contributed by atoms with Crippen LogP contribution in [0.4, 0.5) is 5.13 Å². The molecule has 3 rings (SSSR count). The normalized spacial score (nSPS) is 24.3. The summed E-state index contributed by atoms with van der Waals surface area (Å²) in [5.41, 5.74) is 1.09. The summed E-state index contributed by atoms with van der Waals surface area (Å²) in [6.45, 7) is 1.00. The molecular weight excluding hydrogens is 264 g/mol. The maximum absolute atomic E-state index is 6.22. The minimum Gasteiger partial charge on any atom is -0.361 e. The molecule has 2 atom stereocenters. The highest BCUT2D eigenvalue weighted by Crippen LogP contribution is 2.29. The van der Waals surface area contributed by atoms with Gasteiger partial charge in [0, 0.05) is 11.9 Å². The predicted molar refractivity (Wildman–Crippen MR) is 79.7 cm³/mol. The van der Waals surface area contributed by atoms with E-state index in [1.807, 2.05) is 6.07 Å². The standard InChI is InChI=1S/C14H17ClN2S/c15-11-5-3-4-10(8-11)9-16-14-17-12-6-1-2-7-13(12)18-14/h1-2,6-7,10-11H,3-5,8-9H2,(H,16,17). The van der Waals surface area contributed by atoms with Crippen LogP contribution in [0.2, 0.25) is 0 Å². The smallest absolute Gasteiger partial charge is 0.183 e. The summed E-state index contributed by atoms with van der Waals surface area (Å²) in [5, 5.41) is 4.88. The molecule has 1 aromatic heterocycles. The summed E-state index contributed by atoms with van der Waals surface area (Å²) in [4.78, 5) is 4.59.